The van der Waals surface area contributed by atoms with E-state index >= 15 is 0 Å². The zero-order valence-electron chi connectivity index (χ0n) is 8.84. The minimum Gasteiger partial charge on any atom is -0.497 e. The molecule has 1 rings (SSSR count). The lowest BCUT2D eigenvalue weighted by molar-refractivity contribution is -0.153. The second-order valence-electron chi connectivity index (χ2n) is 3.03. The van der Waals surface area contributed by atoms with Gasteiger partial charge in [0.2, 0.25) is 5.91 Å². The molecule has 92 valence electrons. The van der Waals surface area contributed by atoms with Crippen molar-refractivity contribution in [1.82, 2.24) is 0 Å². The van der Waals surface area contributed by atoms with Crippen LogP contribution in [0.2, 0.25) is 0 Å². The van der Waals surface area contributed by atoms with Crippen LogP contribution in [-0.4, -0.2) is 30.5 Å². The molecule has 1 amide bonds. The fraction of sp³-hybridized carbons (Fsp3) is 0.200. The lowest BCUT2D eigenvalue weighted by Gasteiger charge is -2.10. The Labute approximate surface area is 95.7 Å². The minimum absolute atomic E-state index is 0.0249. The highest BCUT2D eigenvalue weighted by Crippen LogP contribution is 2.23. The molecule has 0 saturated heterocycles. The normalized spacial score (nSPS) is 11.6. The van der Waals surface area contributed by atoms with Gasteiger partial charge in [0.05, 0.1) is 7.11 Å². The summed E-state index contributed by atoms with van der Waals surface area (Å²) in [6.07, 6.45) is -2.53. The topological polar surface area (TPSA) is 98.8 Å². The van der Waals surface area contributed by atoms with Gasteiger partial charge in [0, 0.05) is 11.6 Å². The molecule has 1 aromatic rings. The lowest BCUT2D eigenvalue weighted by Crippen LogP contribution is -2.21. The average Bonchev–Trinajstić information content (AvgIpc) is 2.28. The number of ether oxygens (including phenoxy) is 2. The SMILES string of the molecule is COc1cc(OC(F)C(=O)O)cc(C(N)=O)c1. The molecule has 0 aromatic heterocycles. The first kappa shape index (κ1) is 12.8. The van der Waals surface area contributed by atoms with Crippen LogP contribution in [0.15, 0.2) is 18.2 Å². The van der Waals surface area contributed by atoms with Gasteiger partial charge in [-0.15, -0.1) is 0 Å². The van der Waals surface area contributed by atoms with Crippen LogP contribution in [0.3, 0.4) is 0 Å². The zero-order valence-corrected chi connectivity index (χ0v) is 8.84. The zero-order chi connectivity index (χ0) is 13.0. The van der Waals surface area contributed by atoms with Crippen LogP contribution in [0.5, 0.6) is 11.5 Å². The van der Waals surface area contributed by atoms with Gasteiger partial charge in [0.25, 0.3) is 0 Å². The number of halogens is 1. The predicted molar refractivity (Wildman–Crippen MR) is 54.7 cm³/mol. The van der Waals surface area contributed by atoms with Gasteiger partial charge in [-0.05, 0) is 12.1 Å². The highest BCUT2D eigenvalue weighted by molar-refractivity contribution is 5.93. The first-order valence-corrected chi connectivity index (χ1v) is 4.46. The van der Waals surface area contributed by atoms with E-state index in [4.69, 9.17) is 15.6 Å². The van der Waals surface area contributed by atoms with Crippen LogP contribution in [0.1, 0.15) is 10.4 Å². The minimum atomic E-state index is -2.53. The maximum Gasteiger partial charge on any atom is 0.378 e. The maximum atomic E-state index is 12.8. The van der Waals surface area contributed by atoms with Gasteiger partial charge in [-0.1, -0.05) is 0 Å². The smallest absolute Gasteiger partial charge is 0.378 e. The molecule has 0 aliphatic heterocycles. The second-order valence-corrected chi connectivity index (χ2v) is 3.03. The Morgan fingerprint density at radius 2 is 1.94 bits per heavy atom. The molecular formula is C10H10FNO5. The van der Waals surface area contributed by atoms with E-state index in [0.29, 0.717) is 0 Å². The molecule has 3 N–H and O–H groups in total. The molecule has 1 atom stereocenters. The van der Waals surface area contributed by atoms with E-state index in [1.807, 2.05) is 0 Å². The third-order valence-electron chi connectivity index (χ3n) is 1.83. The second kappa shape index (κ2) is 5.15. The number of carboxylic acids is 1. The molecule has 6 nitrogen and oxygen atoms in total. The Balaban J connectivity index is 3.02. The van der Waals surface area contributed by atoms with Crippen molar-refractivity contribution in [2.45, 2.75) is 6.36 Å². The molecular weight excluding hydrogens is 233 g/mol. The Morgan fingerprint density at radius 3 is 2.41 bits per heavy atom. The summed E-state index contributed by atoms with van der Waals surface area (Å²) in [5.74, 6) is -2.49. The number of benzene rings is 1. The quantitative estimate of drug-likeness (QED) is 0.786. The largest absolute Gasteiger partial charge is 0.497 e. The van der Waals surface area contributed by atoms with Gasteiger partial charge < -0.3 is 20.3 Å². The van der Waals surface area contributed by atoms with E-state index in [1.165, 1.54) is 19.2 Å². The summed E-state index contributed by atoms with van der Waals surface area (Å²) in [4.78, 5) is 21.2. The number of primary amides is 1. The number of carboxylic acid groups (broad SMARTS) is 1. The number of amides is 1. The summed E-state index contributed by atoms with van der Waals surface area (Å²) in [5, 5.41) is 8.33. The van der Waals surface area contributed by atoms with Crippen LogP contribution in [0.4, 0.5) is 4.39 Å². The van der Waals surface area contributed by atoms with Crippen molar-refractivity contribution >= 4 is 11.9 Å². The van der Waals surface area contributed by atoms with E-state index in [2.05, 4.69) is 4.74 Å². The molecule has 0 aliphatic carbocycles. The number of carbonyl (C=O) groups is 2. The summed E-state index contributed by atoms with van der Waals surface area (Å²) >= 11 is 0. The Hall–Kier alpha value is -2.31. The molecule has 0 radical (unpaired) electrons. The first-order valence-electron chi connectivity index (χ1n) is 4.46. The number of carbonyl (C=O) groups excluding carboxylic acids is 1. The van der Waals surface area contributed by atoms with E-state index in [0.717, 1.165) is 6.07 Å². The highest BCUT2D eigenvalue weighted by Gasteiger charge is 2.18. The molecule has 0 spiro atoms. The monoisotopic (exact) mass is 243 g/mol. The maximum absolute atomic E-state index is 12.8. The number of aliphatic carboxylic acids is 1. The number of rotatable bonds is 5. The third kappa shape index (κ3) is 3.33. The van der Waals surface area contributed by atoms with Gasteiger partial charge in [-0.3, -0.25) is 4.79 Å². The van der Waals surface area contributed by atoms with Gasteiger partial charge >= 0.3 is 12.3 Å². The lowest BCUT2D eigenvalue weighted by atomic mass is 10.2. The summed E-state index contributed by atoms with van der Waals surface area (Å²) in [7, 11) is 1.33. The van der Waals surface area contributed by atoms with Crippen LogP contribution >= 0.6 is 0 Å². The van der Waals surface area contributed by atoms with Crippen LogP contribution in [0.25, 0.3) is 0 Å². The molecule has 1 unspecified atom stereocenters. The summed E-state index contributed by atoms with van der Waals surface area (Å²) in [5.41, 5.74) is 5.06. The summed E-state index contributed by atoms with van der Waals surface area (Å²) in [6, 6.07) is 3.69. The molecule has 0 heterocycles. The highest BCUT2D eigenvalue weighted by atomic mass is 19.1. The number of alkyl halides is 1. The van der Waals surface area contributed by atoms with Crippen LogP contribution < -0.4 is 15.2 Å². The van der Waals surface area contributed by atoms with Crippen molar-refractivity contribution in [3.05, 3.63) is 23.8 Å². The van der Waals surface area contributed by atoms with E-state index < -0.39 is 18.2 Å². The van der Waals surface area contributed by atoms with Crippen molar-refractivity contribution in [1.29, 1.82) is 0 Å². The van der Waals surface area contributed by atoms with Crippen LogP contribution in [-0.2, 0) is 4.79 Å². The van der Waals surface area contributed by atoms with Crippen molar-refractivity contribution < 1.29 is 28.6 Å². The van der Waals surface area contributed by atoms with Gasteiger partial charge in [0.1, 0.15) is 11.5 Å². The number of nitrogens with two attached hydrogens (primary N) is 1. The Morgan fingerprint density at radius 1 is 1.35 bits per heavy atom. The Bertz CT molecular complexity index is 448. The summed E-state index contributed by atoms with van der Waals surface area (Å²) < 4.78 is 22.1. The standard InChI is InChI=1S/C10H10FNO5/c1-16-6-2-5(9(12)13)3-7(4-6)17-8(11)10(14)15/h2-4,8H,1H3,(H2,12,13)(H,14,15). The van der Waals surface area contributed by atoms with E-state index in [-0.39, 0.29) is 17.1 Å². The van der Waals surface area contributed by atoms with Crippen molar-refractivity contribution in [3.63, 3.8) is 0 Å². The predicted octanol–water partition coefficient (Wildman–Crippen LogP) is 0.553. The van der Waals surface area contributed by atoms with Crippen LogP contribution in [0, 0.1) is 0 Å². The van der Waals surface area contributed by atoms with E-state index in [1.54, 1.807) is 0 Å². The van der Waals surface area contributed by atoms with Gasteiger partial charge in [0.15, 0.2) is 0 Å². The van der Waals surface area contributed by atoms with Gasteiger partial charge in [-0.25, -0.2) is 4.79 Å². The fourth-order valence-corrected chi connectivity index (χ4v) is 1.07. The van der Waals surface area contributed by atoms with Crippen molar-refractivity contribution in [2.75, 3.05) is 7.11 Å². The van der Waals surface area contributed by atoms with Crippen molar-refractivity contribution in [3.8, 4) is 11.5 Å². The number of hydrogen-bond acceptors (Lipinski definition) is 4. The first-order chi connectivity index (χ1) is 7.93. The molecule has 0 fully saturated rings. The summed E-state index contributed by atoms with van der Waals surface area (Å²) in [6.45, 7) is 0. The van der Waals surface area contributed by atoms with Crippen molar-refractivity contribution in [2.24, 2.45) is 5.73 Å². The average molecular weight is 243 g/mol. The fourth-order valence-electron chi connectivity index (χ4n) is 1.07. The molecule has 0 bridgehead atoms. The van der Waals surface area contributed by atoms with Gasteiger partial charge in [-0.2, -0.15) is 4.39 Å². The van der Waals surface area contributed by atoms with E-state index in [9.17, 15) is 14.0 Å². The third-order valence-corrected chi connectivity index (χ3v) is 1.83. The molecule has 0 aliphatic rings. The number of hydrogen-bond donors (Lipinski definition) is 2. The molecule has 17 heavy (non-hydrogen) atoms. The molecule has 0 saturated carbocycles. The molecule has 7 heteroatoms. The Kier molecular flexibility index (Phi) is 3.86. The molecule has 1 aromatic carbocycles. The number of methoxy groups -OCH3 is 1.